The molecule has 22 heavy (non-hydrogen) atoms. The van der Waals surface area contributed by atoms with Crippen molar-refractivity contribution in [3.63, 3.8) is 0 Å². The van der Waals surface area contributed by atoms with Crippen LogP contribution < -0.4 is 5.32 Å². The van der Waals surface area contributed by atoms with Gasteiger partial charge in [0.15, 0.2) is 5.65 Å². The fourth-order valence-corrected chi connectivity index (χ4v) is 2.35. The van der Waals surface area contributed by atoms with Crippen molar-refractivity contribution in [3.05, 3.63) is 66.6 Å². The van der Waals surface area contributed by atoms with E-state index in [1.807, 2.05) is 31.2 Å². The van der Waals surface area contributed by atoms with E-state index in [-0.39, 0.29) is 5.91 Å². The van der Waals surface area contributed by atoms with Gasteiger partial charge in [-0.05, 0) is 24.6 Å². The summed E-state index contributed by atoms with van der Waals surface area (Å²) in [6, 6.07) is 12.0. The molecule has 5 heteroatoms. The van der Waals surface area contributed by atoms with Gasteiger partial charge in [-0.3, -0.25) is 4.79 Å². The number of carbonyl (C=O) groups excluding carboxylic acids is 1. The maximum absolute atomic E-state index is 11.4. The Balaban J connectivity index is 2.01. The van der Waals surface area contributed by atoms with Gasteiger partial charge in [0.1, 0.15) is 5.82 Å². The van der Waals surface area contributed by atoms with E-state index in [1.54, 1.807) is 6.20 Å². The molecule has 110 valence electrons. The minimum atomic E-state index is -0.257. The predicted molar refractivity (Wildman–Crippen MR) is 86.6 cm³/mol. The topological polar surface area (TPSA) is 59.8 Å². The number of nitrogens with one attached hydrogen (secondary N) is 1. The summed E-state index contributed by atoms with van der Waals surface area (Å²) in [6.07, 6.45) is 2.83. The fraction of sp³-hybridized carbons (Fsp3) is 0.118. The van der Waals surface area contributed by atoms with Crippen molar-refractivity contribution >= 4 is 22.8 Å². The zero-order valence-electron chi connectivity index (χ0n) is 12.3. The van der Waals surface area contributed by atoms with Crippen molar-refractivity contribution in [3.8, 4) is 0 Å². The molecule has 0 atom stereocenters. The van der Waals surface area contributed by atoms with Crippen molar-refractivity contribution in [2.45, 2.75) is 13.5 Å². The van der Waals surface area contributed by atoms with Crippen LogP contribution in [-0.2, 0) is 11.3 Å². The first-order chi connectivity index (χ1) is 10.7. The highest BCUT2D eigenvalue weighted by Crippen LogP contribution is 2.19. The number of benzene rings is 1. The number of pyridine rings is 1. The summed E-state index contributed by atoms with van der Waals surface area (Å²) in [5, 5.41) is 2.72. The van der Waals surface area contributed by atoms with Crippen molar-refractivity contribution in [1.82, 2.24) is 14.5 Å². The highest BCUT2D eigenvalue weighted by atomic mass is 16.1. The first kappa shape index (κ1) is 14.0. The number of nitrogens with zero attached hydrogens (tertiary/aromatic N) is 3. The molecule has 1 aromatic carbocycles. The minimum absolute atomic E-state index is 0.257. The van der Waals surface area contributed by atoms with E-state index in [1.165, 1.54) is 11.6 Å². The second-order valence-corrected chi connectivity index (χ2v) is 4.99. The van der Waals surface area contributed by atoms with Gasteiger partial charge in [0.2, 0.25) is 5.91 Å². The molecule has 0 aliphatic heterocycles. The summed E-state index contributed by atoms with van der Waals surface area (Å²) >= 11 is 0. The number of fused-ring (bicyclic) bond motifs is 1. The second-order valence-electron chi connectivity index (χ2n) is 4.99. The normalized spacial score (nSPS) is 10.6. The molecule has 3 rings (SSSR count). The van der Waals surface area contributed by atoms with Gasteiger partial charge in [0, 0.05) is 6.54 Å². The smallest absolute Gasteiger partial charge is 0.247 e. The molecule has 0 saturated carbocycles. The number of aryl methyl sites for hydroxylation is 1. The Hall–Kier alpha value is -2.95. The van der Waals surface area contributed by atoms with Crippen LogP contribution >= 0.6 is 0 Å². The number of rotatable bonds is 4. The van der Waals surface area contributed by atoms with Crippen LogP contribution in [0.15, 0.2) is 55.3 Å². The third-order valence-corrected chi connectivity index (χ3v) is 3.43. The van der Waals surface area contributed by atoms with Crippen LogP contribution in [0.3, 0.4) is 0 Å². The highest BCUT2D eigenvalue weighted by molar-refractivity contribution is 5.99. The molecule has 0 aliphatic carbocycles. The maximum Gasteiger partial charge on any atom is 0.247 e. The molecule has 1 N–H and O–H groups in total. The average molecular weight is 292 g/mol. The summed E-state index contributed by atoms with van der Waals surface area (Å²) < 4.78 is 2.08. The summed E-state index contributed by atoms with van der Waals surface area (Å²) in [5.74, 6) is 0.630. The van der Waals surface area contributed by atoms with Crippen LogP contribution in [0, 0.1) is 6.92 Å². The van der Waals surface area contributed by atoms with E-state index in [0.717, 1.165) is 11.3 Å². The van der Waals surface area contributed by atoms with Crippen LogP contribution in [0.1, 0.15) is 11.4 Å². The van der Waals surface area contributed by atoms with E-state index in [0.29, 0.717) is 17.9 Å². The van der Waals surface area contributed by atoms with Gasteiger partial charge in [0.05, 0.1) is 17.4 Å². The zero-order valence-corrected chi connectivity index (χ0v) is 12.3. The molecule has 0 aliphatic rings. The zero-order chi connectivity index (χ0) is 15.5. The first-order valence-electron chi connectivity index (χ1n) is 6.97. The lowest BCUT2D eigenvalue weighted by molar-refractivity contribution is -0.111. The Morgan fingerprint density at radius 2 is 2.14 bits per heavy atom. The molecule has 0 saturated heterocycles. The van der Waals surface area contributed by atoms with E-state index in [2.05, 4.69) is 38.6 Å². The molecule has 0 radical (unpaired) electrons. The quantitative estimate of drug-likeness (QED) is 0.752. The third kappa shape index (κ3) is 2.74. The average Bonchev–Trinajstić information content (AvgIpc) is 2.84. The summed E-state index contributed by atoms with van der Waals surface area (Å²) in [6.45, 7) is 6.11. The van der Waals surface area contributed by atoms with Crippen molar-refractivity contribution in [2.75, 3.05) is 5.32 Å². The summed E-state index contributed by atoms with van der Waals surface area (Å²) in [7, 11) is 0. The molecule has 0 spiro atoms. The lowest BCUT2D eigenvalue weighted by Gasteiger charge is -2.08. The second kappa shape index (κ2) is 5.81. The Morgan fingerprint density at radius 1 is 1.36 bits per heavy atom. The minimum Gasteiger partial charge on any atom is -0.322 e. The van der Waals surface area contributed by atoms with Crippen LogP contribution in [0.25, 0.3) is 11.2 Å². The standard InChI is InChI=1S/C17H16N4O/c1-3-16(22)20-14-9-15-17(18-10-14)19-12(2)21(15)11-13-7-5-4-6-8-13/h3-10H,1,11H2,2H3,(H,20,22). The predicted octanol–water partition coefficient (Wildman–Crippen LogP) is 2.91. The molecule has 0 unspecified atom stereocenters. The SMILES string of the molecule is C=CC(=O)Nc1cnc2nc(C)n(Cc3ccccc3)c2c1. The summed E-state index contributed by atoms with van der Waals surface area (Å²) in [5.41, 5.74) is 3.38. The van der Waals surface area contributed by atoms with E-state index >= 15 is 0 Å². The van der Waals surface area contributed by atoms with E-state index in [4.69, 9.17) is 0 Å². The Kier molecular flexibility index (Phi) is 3.70. The van der Waals surface area contributed by atoms with Crippen LogP contribution in [0.4, 0.5) is 5.69 Å². The van der Waals surface area contributed by atoms with Crippen LogP contribution in [0.5, 0.6) is 0 Å². The van der Waals surface area contributed by atoms with E-state index < -0.39 is 0 Å². The van der Waals surface area contributed by atoms with Gasteiger partial charge in [-0.2, -0.15) is 0 Å². The molecular weight excluding hydrogens is 276 g/mol. The molecule has 2 heterocycles. The number of aromatic nitrogens is 3. The van der Waals surface area contributed by atoms with Crippen molar-refractivity contribution < 1.29 is 4.79 Å². The third-order valence-electron chi connectivity index (χ3n) is 3.43. The molecule has 1 amide bonds. The molecular formula is C17H16N4O. The molecule has 5 nitrogen and oxygen atoms in total. The Bertz CT molecular complexity index is 836. The van der Waals surface area contributed by atoms with Gasteiger partial charge < -0.3 is 9.88 Å². The van der Waals surface area contributed by atoms with Crippen LogP contribution in [0.2, 0.25) is 0 Å². The van der Waals surface area contributed by atoms with E-state index in [9.17, 15) is 4.79 Å². The lowest BCUT2D eigenvalue weighted by atomic mass is 10.2. The van der Waals surface area contributed by atoms with Gasteiger partial charge in [0.25, 0.3) is 0 Å². The summed E-state index contributed by atoms with van der Waals surface area (Å²) in [4.78, 5) is 20.2. The number of hydrogen-bond donors (Lipinski definition) is 1. The number of hydrogen-bond acceptors (Lipinski definition) is 3. The van der Waals surface area contributed by atoms with Crippen molar-refractivity contribution in [2.24, 2.45) is 0 Å². The van der Waals surface area contributed by atoms with Crippen molar-refractivity contribution in [1.29, 1.82) is 0 Å². The molecule has 0 bridgehead atoms. The number of anilines is 1. The maximum atomic E-state index is 11.4. The molecule has 0 fully saturated rings. The monoisotopic (exact) mass is 292 g/mol. The lowest BCUT2D eigenvalue weighted by Crippen LogP contribution is -2.08. The van der Waals surface area contributed by atoms with Gasteiger partial charge >= 0.3 is 0 Å². The molecule has 2 aromatic heterocycles. The Morgan fingerprint density at radius 3 is 2.86 bits per heavy atom. The highest BCUT2D eigenvalue weighted by Gasteiger charge is 2.10. The first-order valence-corrected chi connectivity index (χ1v) is 6.97. The van der Waals surface area contributed by atoms with Gasteiger partial charge in [-0.1, -0.05) is 36.9 Å². The molecule has 3 aromatic rings. The number of amides is 1. The number of carbonyl (C=O) groups is 1. The number of imidazole rings is 1. The fourth-order valence-electron chi connectivity index (χ4n) is 2.35. The van der Waals surface area contributed by atoms with Gasteiger partial charge in [-0.15, -0.1) is 0 Å². The van der Waals surface area contributed by atoms with Crippen LogP contribution in [-0.4, -0.2) is 20.4 Å². The largest absolute Gasteiger partial charge is 0.322 e. The van der Waals surface area contributed by atoms with Gasteiger partial charge in [-0.25, -0.2) is 9.97 Å². The Labute approximate surface area is 128 Å².